The van der Waals surface area contributed by atoms with E-state index >= 15 is 0 Å². The number of fused-ring (bicyclic) bond motifs is 1. The number of aromatic amines is 1. The van der Waals surface area contributed by atoms with Crippen LogP contribution >= 0.6 is 12.2 Å². The van der Waals surface area contributed by atoms with E-state index < -0.39 is 0 Å². The van der Waals surface area contributed by atoms with Gasteiger partial charge in [-0.25, -0.2) is 4.99 Å². The number of nitrogens with one attached hydrogen (secondary N) is 3. The summed E-state index contributed by atoms with van der Waals surface area (Å²) in [4.78, 5) is 7.43. The zero-order valence-electron chi connectivity index (χ0n) is 8.90. The van der Waals surface area contributed by atoms with Crippen LogP contribution < -0.4 is 16.4 Å². The second-order valence-corrected chi connectivity index (χ2v) is 4.25. The predicted molar refractivity (Wildman–Crippen MR) is 71.5 cm³/mol. The molecule has 1 aromatic carbocycles. The Morgan fingerprint density at radius 2 is 2.18 bits per heavy atom. The monoisotopic (exact) mass is 245 g/mol. The Morgan fingerprint density at radius 1 is 1.29 bits per heavy atom. The van der Waals surface area contributed by atoms with Gasteiger partial charge >= 0.3 is 0 Å². The van der Waals surface area contributed by atoms with Crippen molar-refractivity contribution in [2.75, 3.05) is 0 Å². The van der Waals surface area contributed by atoms with Gasteiger partial charge < -0.3 is 21.4 Å². The molecular weight excluding hydrogens is 234 g/mol. The topological polar surface area (TPSA) is 78.2 Å². The number of hydrogen-bond acceptors (Lipinski definition) is 3. The van der Waals surface area contributed by atoms with Crippen molar-refractivity contribution in [3.05, 3.63) is 36.0 Å². The zero-order chi connectivity index (χ0) is 11.8. The van der Waals surface area contributed by atoms with Crippen LogP contribution in [0.2, 0.25) is 0 Å². The largest absolute Gasteiger partial charge is 0.370 e. The summed E-state index contributed by atoms with van der Waals surface area (Å²) in [6.07, 6.45) is 1.68. The molecular formula is C11H11N5S. The van der Waals surface area contributed by atoms with Crippen LogP contribution in [0, 0.1) is 0 Å². The molecule has 1 unspecified atom stereocenters. The van der Waals surface area contributed by atoms with Crippen molar-refractivity contribution in [2.45, 2.75) is 6.17 Å². The highest BCUT2D eigenvalue weighted by Gasteiger charge is 2.17. The molecule has 5 N–H and O–H groups in total. The number of rotatable bonds is 1. The van der Waals surface area contributed by atoms with Crippen LogP contribution in [0.1, 0.15) is 11.7 Å². The Morgan fingerprint density at radius 3 is 3.00 bits per heavy atom. The number of nitrogens with zero attached hydrogens (tertiary/aromatic N) is 1. The van der Waals surface area contributed by atoms with Gasteiger partial charge in [0.15, 0.2) is 11.1 Å². The van der Waals surface area contributed by atoms with Crippen molar-refractivity contribution in [1.29, 1.82) is 0 Å². The number of H-pyrrole nitrogens is 1. The predicted octanol–water partition coefficient (Wildman–Crippen LogP) is 0.959. The molecule has 1 aromatic heterocycles. The molecule has 0 fully saturated rings. The molecule has 2 heterocycles. The van der Waals surface area contributed by atoms with Gasteiger partial charge in [-0.3, -0.25) is 0 Å². The summed E-state index contributed by atoms with van der Waals surface area (Å²) in [7, 11) is 0. The standard InChI is InChI=1S/C11H11N5S/c12-10-14-9(15-11(17)16-10)7-2-1-6-3-4-13-8(6)5-7/h1-5,9,13H,(H4,12,14,15,16,17). The molecule has 0 saturated heterocycles. The van der Waals surface area contributed by atoms with Gasteiger partial charge in [-0.2, -0.15) is 0 Å². The van der Waals surface area contributed by atoms with E-state index in [9.17, 15) is 0 Å². The molecule has 0 aliphatic carbocycles. The van der Waals surface area contributed by atoms with E-state index in [0.29, 0.717) is 11.1 Å². The fourth-order valence-electron chi connectivity index (χ4n) is 1.87. The average Bonchev–Trinajstić information content (AvgIpc) is 2.74. The SMILES string of the molecule is NC1=NC(c2ccc3cc[nH]c3c2)NC(=S)N1. The first-order valence-corrected chi connectivity index (χ1v) is 5.61. The first kappa shape index (κ1) is 10.1. The van der Waals surface area contributed by atoms with Gasteiger partial charge in [-0.05, 0) is 35.3 Å². The van der Waals surface area contributed by atoms with Gasteiger partial charge in [0.2, 0.25) is 0 Å². The molecule has 0 bridgehead atoms. The summed E-state index contributed by atoms with van der Waals surface area (Å²) in [6.45, 7) is 0. The molecule has 0 amide bonds. The molecule has 1 aliphatic heterocycles. The first-order chi connectivity index (χ1) is 8.22. The molecule has 86 valence electrons. The molecule has 0 saturated carbocycles. The lowest BCUT2D eigenvalue weighted by Crippen LogP contribution is -2.49. The van der Waals surface area contributed by atoms with E-state index in [1.807, 2.05) is 30.5 Å². The normalized spacial score (nSPS) is 19.6. The van der Waals surface area contributed by atoms with Crippen LogP contribution in [-0.2, 0) is 0 Å². The minimum absolute atomic E-state index is 0.226. The number of aliphatic imine (C=N–C) groups is 1. The Hall–Kier alpha value is -2.08. The van der Waals surface area contributed by atoms with Crippen LogP contribution in [0.25, 0.3) is 10.9 Å². The van der Waals surface area contributed by atoms with E-state index in [0.717, 1.165) is 11.1 Å². The van der Waals surface area contributed by atoms with E-state index in [2.05, 4.69) is 20.6 Å². The van der Waals surface area contributed by atoms with Crippen molar-refractivity contribution in [3.63, 3.8) is 0 Å². The summed E-state index contributed by atoms with van der Waals surface area (Å²) in [5.74, 6) is 0.338. The molecule has 6 heteroatoms. The van der Waals surface area contributed by atoms with Crippen LogP contribution in [0.15, 0.2) is 35.5 Å². The van der Waals surface area contributed by atoms with Crippen molar-refractivity contribution in [3.8, 4) is 0 Å². The Labute approximate surface area is 103 Å². The van der Waals surface area contributed by atoms with Crippen molar-refractivity contribution in [2.24, 2.45) is 10.7 Å². The van der Waals surface area contributed by atoms with E-state index in [1.54, 1.807) is 0 Å². The minimum atomic E-state index is -0.226. The second-order valence-electron chi connectivity index (χ2n) is 3.84. The number of guanidine groups is 1. The molecule has 0 radical (unpaired) electrons. The number of nitrogens with two attached hydrogens (primary N) is 1. The van der Waals surface area contributed by atoms with Gasteiger partial charge in [-0.15, -0.1) is 0 Å². The van der Waals surface area contributed by atoms with Gasteiger partial charge in [-0.1, -0.05) is 12.1 Å². The van der Waals surface area contributed by atoms with Gasteiger partial charge in [0, 0.05) is 11.7 Å². The molecule has 17 heavy (non-hydrogen) atoms. The molecule has 0 spiro atoms. The zero-order valence-corrected chi connectivity index (χ0v) is 9.71. The number of hydrogen-bond donors (Lipinski definition) is 4. The van der Waals surface area contributed by atoms with E-state index in [4.69, 9.17) is 18.0 Å². The maximum absolute atomic E-state index is 5.65. The third-order valence-corrected chi connectivity index (χ3v) is 2.89. The van der Waals surface area contributed by atoms with Gasteiger partial charge in [0.25, 0.3) is 0 Å². The molecule has 2 aromatic rings. The minimum Gasteiger partial charge on any atom is -0.370 e. The lowest BCUT2D eigenvalue weighted by molar-refractivity contribution is 0.661. The average molecular weight is 245 g/mol. The van der Waals surface area contributed by atoms with E-state index in [-0.39, 0.29) is 6.17 Å². The van der Waals surface area contributed by atoms with Crippen molar-refractivity contribution in [1.82, 2.24) is 15.6 Å². The quantitative estimate of drug-likeness (QED) is 0.564. The number of aromatic nitrogens is 1. The fraction of sp³-hybridized carbons (Fsp3) is 0.0909. The summed E-state index contributed by atoms with van der Waals surface area (Å²) < 4.78 is 0. The molecule has 1 atom stereocenters. The second kappa shape index (κ2) is 3.74. The highest BCUT2D eigenvalue weighted by Crippen LogP contribution is 2.21. The van der Waals surface area contributed by atoms with Crippen LogP contribution in [-0.4, -0.2) is 16.1 Å². The lowest BCUT2D eigenvalue weighted by Gasteiger charge is -2.23. The van der Waals surface area contributed by atoms with Crippen LogP contribution in [0.5, 0.6) is 0 Å². The Bertz CT molecular complexity index is 615. The summed E-state index contributed by atoms with van der Waals surface area (Å²) in [6, 6.07) is 8.12. The number of thiocarbonyl (C=S) groups is 1. The molecule has 1 aliphatic rings. The first-order valence-electron chi connectivity index (χ1n) is 5.20. The Kier molecular flexibility index (Phi) is 2.22. The summed E-state index contributed by atoms with van der Waals surface area (Å²) in [5, 5.41) is 7.47. The fourth-order valence-corrected chi connectivity index (χ4v) is 2.09. The lowest BCUT2D eigenvalue weighted by atomic mass is 10.1. The van der Waals surface area contributed by atoms with Gasteiger partial charge in [0.1, 0.15) is 6.17 Å². The maximum atomic E-state index is 5.65. The maximum Gasteiger partial charge on any atom is 0.197 e. The van der Waals surface area contributed by atoms with Crippen LogP contribution in [0.3, 0.4) is 0 Å². The van der Waals surface area contributed by atoms with E-state index in [1.165, 1.54) is 5.39 Å². The Balaban J connectivity index is 2.02. The molecule has 5 nitrogen and oxygen atoms in total. The molecule has 3 rings (SSSR count). The van der Waals surface area contributed by atoms with Crippen molar-refractivity contribution >= 4 is 34.2 Å². The highest BCUT2D eigenvalue weighted by molar-refractivity contribution is 7.80. The smallest absolute Gasteiger partial charge is 0.197 e. The third-order valence-electron chi connectivity index (χ3n) is 2.67. The summed E-state index contributed by atoms with van der Waals surface area (Å²) >= 11 is 5.05. The van der Waals surface area contributed by atoms with Gasteiger partial charge in [0.05, 0.1) is 0 Å². The summed E-state index contributed by atoms with van der Waals surface area (Å²) in [5.41, 5.74) is 7.74. The highest BCUT2D eigenvalue weighted by atomic mass is 32.1. The van der Waals surface area contributed by atoms with Crippen molar-refractivity contribution < 1.29 is 0 Å². The third kappa shape index (κ3) is 1.83. The van der Waals surface area contributed by atoms with Crippen LogP contribution in [0.4, 0.5) is 0 Å². The number of benzene rings is 1.